The van der Waals surface area contributed by atoms with Gasteiger partial charge in [0.25, 0.3) is 0 Å². The highest BCUT2D eigenvalue weighted by Crippen LogP contribution is 2.33. The second-order valence-electron chi connectivity index (χ2n) is 6.76. The van der Waals surface area contributed by atoms with Gasteiger partial charge in [-0.15, -0.1) is 0 Å². The minimum absolute atomic E-state index is 0.137. The maximum Gasteiger partial charge on any atom is 0.161 e. The van der Waals surface area contributed by atoms with Gasteiger partial charge < -0.3 is 14.6 Å². The molecule has 0 spiro atoms. The number of hydrogen-bond donors (Lipinski definition) is 1. The molecule has 0 aliphatic rings. The summed E-state index contributed by atoms with van der Waals surface area (Å²) in [5.74, 6) is 1.46. The van der Waals surface area contributed by atoms with Crippen LogP contribution < -0.4 is 9.47 Å². The molecule has 0 saturated heterocycles. The molecule has 0 aromatic heterocycles. The van der Waals surface area contributed by atoms with Crippen molar-refractivity contribution in [3.63, 3.8) is 0 Å². The van der Waals surface area contributed by atoms with Crippen LogP contribution in [0.4, 0.5) is 0 Å². The summed E-state index contributed by atoms with van der Waals surface area (Å²) < 4.78 is 11.0. The molecular weight excluding hydrogens is 360 g/mol. The van der Waals surface area contributed by atoms with Gasteiger partial charge in [-0.25, -0.2) is 0 Å². The van der Waals surface area contributed by atoms with E-state index >= 15 is 0 Å². The number of benzene rings is 4. The van der Waals surface area contributed by atoms with Crippen LogP contribution >= 0.6 is 0 Å². The molecule has 144 valence electrons. The van der Waals surface area contributed by atoms with Crippen LogP contribution in [0.15, 0.2) is 97.1 Å². The Morgan fingerprint density at radius 3 is 1.79 bits per heavy atom. The Balaban J connectivity index is 1.48. The van der Waals surface area contributed by atoms with Crippen LogP contribution in [0.25, 0.3) is 22.3 Å². The zero-order valence-corrected chi connectivity index (χ0v) is 16.2. The van der Waals surface area contributed by atoms with E-state index in [4.69, 9.17) is 9.47 Å². The van der Waals surface area contributed by atoms with Crippen molar-refractivity contribution in [2.75, 3.05) is 7.11 Å². The monoisotopic (exact) mass is 382 g/mol. The lowest BCUT2D eigenvalue weighted by Gasteiger charge is -2.10. The van der Waals surface area contributed by atoms with Gasteiger partial charge in [0.15, 0.2) is 11.5 Å². The fraction of sp³-hybridized carbons (Fsp3) is 0.0769. The van der Waals surface area contributed by atoms with E-state index in [1.165, 1.54) is 0 Å². The first kappa shape index (κ1) is 18.6. The lowest BCUT2D eigenvalue weighted by molar-refractivity contribution is 0.289. The van der Waals surface area contributed by atoms with Gasteiger partial charge in [0.2, 0.25) is 0 Å². The molecule has 0 aliphatic heterocycles. The highest BCUT2D eigenvalue weighted by Gasteiger charge is 2.07. The summed E-state index contributed by atoms with van der Waals surface area (Å²) in [4.78, 5) is 0. The zero-order valence-electron chi connectivity index (χ0n) is 16.2. The predicted octanol–water partition coefficient (Wildman–Crippen LogP) is 6.31. The van der Waals surface area contributed by atoms with E-state index in [1.807, 2.05) is 66.7 Å². The molecule has 0 aliphatic carbocycles. The molecule has 3 nitrogen and oxygen atoms in total. The highest BCUT2D eigenvalue weighted by atomic mass is 16.5. The number of methoxy groups -OCH3 is 1. The number of aromatic hydroxyl groups is 1. The normalized spacial score (nSPS) is 10.5. The maximum atomic E-state index is 10.4. The van der Waals surface area contributed by atoms with E-state index in [0.29, 0.717) is 12.4 Å². The summed E-state index contributed by atoms with van der Waals surface area (Å²) in [6.07, 6.45) is 0. The second kappa shape index (κ2) is 8.53. The molecule has 0 saturated carbocycles. The van der Waals surface area contributed by atoms with Crippen molar-refractivity contribution in [2.45, 2.75) is 6.61 Å². The number of phenolic OH excluding ortho intramolecular Hbond substituents is 1. The zero-order chi connectivity index (χ0) is 20.1. The minimum Gasteiger partial charge on any atom is -0.504 e. The van der Waals surface area contributed by atoms with Gasteiger partial charge in [0, 0.05) is 0 Å². The molecule has 4 aromatic rings. The van der Waals surface area contributed by atoms with E-state index < -0.39 is 0 Å². The third kappa shape index (κ3) is 4.41. The molecule has 0 radical (unpaired) electrons. The molecule has 0 unspecified atom stereocenters. The second-order valence-corrected chi connectivity index (χ2v) is 6.76. The SMILES string of the molecule is COc1ccc(-c2ccc(-c3ccc(OCc4ccccc4)c(O)c3)cc2)cc1. The molecule has 1 N–H and O–H groups in total. The van der Waals surface area contributed by atoms with Crippen LogP contribution in [0.3, 0.4) is 0 Å². The van der Waals surface area contributed by atoms with Crippen LogP contribution in [-0.4, -0.2) is 12.2 Å². The molecular formula is C26H22O3. The van der Waals surface area contributed by atoms with E-state index in [2.05, 4.69) is 24.3 Å². The van der Waals surface area contributed by atoms with E-state index in [0.717, 1.165) is 33.6 Å². The third-order valence-electron chi connectivity index (χ3n) is 4.84. The fourth-order valence-corrected chi connectivity index (χ4v) is 3.19. The average molecular weight is 382 g/mol. The quantitative estimate of drug-likeness (QED) is 0.424. The summed E-state index contributed by atoms with van der Waals surface area (Å²) in [7, 11) is 1.66. The summed E-state index contributed by atoms with van der Waals surface area (Å²) in [6, 6.07) is 31.7. The molecule has 4 rings (SSSR count). The molecule has 0 heterocycles. The van der Waals surface area contributed by atoms with Crippen molar-refractivity contribution < 1.29 is 14.6 Å². The Morgan fingerprint density at radius 1 is 0.655 bits per heavy atom. The highest BCUT2D eigenvalue weighted by molar-refractivity contribution is 5.72. The standard InChI is InChI=1S/C26H22O3/c1-28-24-14-11-21(12-15-24)20-7-9-22(10-8-20)23-13-16-26(25(27)17-23)29-18-19-5-3-2-4-6-19/h2-17,27H,18H2,1H3. The first-order chi connectivity index (χ1) is 14.2. The van der Waals surface area contributed by atoms with Crippen molar-refractivity contribution in [3.05, 3.63) is 103 Å². The van der Waals surface area contributed by atoms with Gasteiger partial charge in [0.1, 0.15) is 12.4 Å². The molecule has 3 heteroatoms. The number of ether oxygens (including phenoxy) is 2. The van der Waals surface area contributed by atoms with Gasteiger partial charge in [-0.1, -0.05) is 72.8 Å². The van der Waals surface area contributed by atoms with Crippen molar-refractivity contribution in [1.29, 1.82) is 0 Å². The Kier molecular flexibility index (Phi) is 5.48. The first-order valence-corrected chi connectivity index (χ1v) is 9.47. The van der Waals surface area contributed by atoms with Gasteiger partial charge in [0.05, 0.1) is 7.11 Å². The van der Waals surface area contributed by atoms with Crippen molar-refractivity contribution in [1.82, 2.24) is 0 Å². The lowest BCUT2D eigenvalue weighted by atomic mass is 10.00. The first-order valence-electron chi connectivity index (χ1n) is 9.47. The molecule has 0 fully saturated rings. The fourth-order valence-electron chi connectivity index (χ4n) is 3.19. The Labute approximate surface area is 170 Å². The topological polar surface area (TPSA) is 38.7 Å². The lowest BCUT2D eigenvalue weighted by Crippen LogP contribution is -1.95. The van der Waals surface area contributed by atoms with Gasteiger partial charge in [-0.3, -0.25) is 0 Å². The number of rotatable bonds is 6. The summed E-state index contributed by atoms with van der Waals surface area (Å²) in [6.45, 7) is 0.421. The van der Waals surface area contributed by atoms with Crippen LogP contribution in [0.2, 0.25) is 0 Å². The average Bonchev–Trinajstić information content (AvgIpc) is 2.79. The summed E-state index contributed by atoms with van der Waals surface area (Å²) in [5, 5.41) is 10.4. The summed E-state index contributed by atoms with van der Waals surface area (Å²) >= 11 is 0. The number of hydrogen-bond acceptors (Lipinski definition) is 3. The molecule has 0 atom stereocenters. The maximum absolute atomic E-state index is 10.4. The number of phenols is 1. The van der Waals surface area contributed by atoms with Crippen LogP contribution in [0.1, 0.15) is 5.56 Å². The van der Waals surface area contributed by atoms with Crippen LogP contribution in [0.5, 0.6) is 17.2 Å². The van der Waals surface area contributed by atoms with E-state index in [-0.39, 0.29) is 5.75 Å². The Morgan fingerprint density at radius 2 is 1.21 bits per heavy atom. The van der Waals surface area contributed by atoms with Gasteiger partial charge >= 0.3 is 0 Å². The van der Waals surface area contributed by atoms with Crippen molar-refractivity contribution >= 4 is 0 Å². The van der Waals surface area contributed by atoms with Crippen molar-refractivity contribution in [3.8, 4) is 39.5 Å². The van der Waals surface area contributed by atoms with Crippen LogP contribution in [0, 0.1) is 0 Å². The Bertz CT molecular complexity index is 1070. The Hall–Kier alpha value is -3.72. The summed E-state index contributed by atoms with van der Waals surface area (Å²) in [5.41, 5.74) is 5.29. The predicted molar refractivity (Wildman–Crippen MR) is 116 cm³/mol. The van der Waals surface area contributed by atoms with E-state index in [1.54, 1.807) is 13.2 Å². The van der Waals surface area contributed by atoms with E-state index in [9.17, 15) is 5.11 Å². The molecule has 4 aromatic carbocycles. The third-order valence-corrected chi connectivity index (χ3v) is 4.84. The van der Waals surface area contributed by atoms with Gasteiger partial charge in [-0.2, -0.15) is 0 Å². The van der Waals surface area contributed by atoms with Crippen molar-refractivity contribution in [2.24, 2.45) is 0 Å². The van der Waals surface area contributed by atoms with Crippen LogP contribution in [-0.2, 0) is 6.61 Å². The van der Waals surface area contributed by atoms with Gasteiger partial charge in [-0.05, 0) is 52.1 Å². The minimum atomic E-state index is 0.137. The largest absolute Gasteiger partial charge is 0.504 e. The molecule has 29 heavy (non-hydrogen) atoms. The molecule has 0 bridgehead atoms. The smallest absolute Gasteiger partial charge is 0.161 e. The molecule has 0 amide bonds.